The lowest BCUT2D eigenvalue weighted by Gasteiger charge is -2.10. The van der Waals surface area contributed by atoms with Crippen molar-refractivity contribution in [1.82, 2.24) is 10.3 Å². The molecule has 0 saturated heterocycles. The van der Waals surface area contributed by atoms with E-state index in [0.717, 1.165) is 18.3 Å². The average Bonchev–Trinajstić information content (AvgIpc) is 2.44. The fraction of sp³-hybridized carbons (Fsp3) is 0.700. The van der Waals surface area contributed by atoms with E-state index in [-0.39, 0.29) is 0 Å². The van der Waals surface area contributed by atoms with E-state index < -0.39 is 0 Å². The molecule has 0 bridgehead atoms. The standard InChI is InChI=1S/C10H17BrN2S/c1-7(4-5-11)12-6-10-13-8(2)9(3)14-10/h7,12H,4-6H2,1-3H3. The summed E-state index contributed by atoms with van der Waals surface area (Å²) in [6, 6.07) is 0.555. The zero-order valence-electron chi connectivity index (χ0n) is 8.93. The molecule has 1 aromatic rings. The maximum absolute atomic E-state index is 4.49. The first-order valence-electron chi connectivity index (χ1n) is 4.85. The number of hydrogen-bond donors (Lipinski definition) is 1. The number of halogens is 1. The summed E-state index contributed by atoms with van der Waals surface area (Å²) in [5.74, 6) is 0. The third-order valence-corrected chi connectivity index (χ3v) is 3.75. The number of nitrogens with one attached hydrogen (secondary N) is 1. The normalized spacial score (nSPS) is 13.1. The van der Waals surface area contributed by atoms with Gasteiger partial charge < -0.3 is 5.32 Å². The van der Waals surface area contributed by atoms with Crippen LogP contribution in [0.5, 0.6) is 0 Å². The number of aryl methyl sites for hydroxylation is 2. The number of rotatable bonds is 5. The maximum Gasteiger partial charge on any atom is 0.107 e. The predicted molar refractivity (Wildman–Crippen MR) is 66.3 cm³/mol. The molecule has 1 heterocycles. The second-order valence-electron chi connectivity index (χ2n) is 3.51. The minimum atomic E-state index is 0.555. The van der Waals surface area contributed by atoms with Crippen molar-refractivity contribution in [1.29, 1.82) is 0 Å². The van der Waals surface area contributed by atoms with Crippen LogP contribution in [0.25, 0.3) is 0 Å². The Morgan fingerprint density at radius 1 is 1.50 bits per heavy atom. The monoisotopic (exact) mass is 276 g/mol. The lowest BCUT2D eigenvalue weighted by molar-refractivity contribution is 0.537. The van der Waals surface area contributed by atoms with Gasteiger partial charge in [-0.05, 0) is 27.2 Å². The zero-order valence-corrected chi connectivity index (χ0v) is 11.3. The Balaban J connectivity index is 2.38. The molecule has 1 aromatic heterocycles. The molecule has 0 radical (unpaired) electrons. The highest BCUT2D eigenvalue weighted by atomic mass is 79.9. The van der Waals surface area contributed by atoms with Crippen LogP contribution < -0.4 is 5.32 Å². The van der Waals surface area contributed by atoms with Gasteiger partial charge in [-0.3, -0.25) is 0 Å². The highest BCUT2D eigenvalue weighted by Crippen LogP contribution is 2.16. The quantitative estimate of drug-likeness (QED) is 0.837. The van der Waals surface area contributed by atoms with E-state index in [4.69, 9.17) is 0 Å². The van der Waals surface area contributed by atoms with Crippen LogP contribution in [0.3, 0.4) is 0 Å². The van der Waals surface area contributed by atoms with Crippen LogP contribution in [0.2, 0.25) is 0 Å². The molecule has 1 unspecified atom stereocenters. The fourth-order valence-corrected chi connectivity index (χ4v) is 2.71. The number of aromatic nitrogens is 1. The summed E-state index contributed by atoms with van der Waals surface area (Å²) in [6.45, 7) is 7.29. The Bertz CT molecular complexity index is 266. The molecular weight excluding hydrogens is 260 g/mol. The van der Waals surface area contributed by atoms with Crippen molar-refractivity contribution in [3.05, 3.63) is 15.6 Å². The summed E-state index contributed by atoms with van der Waals surface area (Å²) in [5.41, 5.74) is 1.17. The summed E-state index contributed by atoms with van der Waals surface area (Å²) in [4.78, 5) is 5.82. The van der Waals surface area contributed by atoms with Crippen molar-refractivity contribution >= 4 is 27.3 Å². The highest BCUT2D eigenvalue weighted by Gasteiger charge is 2.05. The van der Waals surface area contributed by atoms with Gasteiger partial charge in [0.2, 0.25) is 0 Å². The second-order valence-corrected chi connectivity index (χ2v) is 5.59. The van der Waals surface area contributed by atoms with Crippen molar-refractivity contribution in [2.75, 3.05) is 5.33 Å². The van der Waals surface area contributed by atoms with Crippen molar-refractivity contribution in [3.8, 4) is 0 Å². The SMILES string of the molecule is Cc1nc(CNC(C)CCBr)sc1C. The van der Waals surface area contributed by atoms with Crippen molar-refractivity contribution in [2.45, 2.75) is 39.8 Å². The van der Waals surface area contributed by atoms with Gasteiger partial charge in [-0.2, -0.15) is 0 Å². The molecule has 0 aliphatic carbocycles. The molecule has 14 heavy (non-hydrogen) atoms. The minimum Gasteiger partial charge on any atom is -0.308 e. The molecule has 2 nitrogen and oxygen atoms in total. The molecule has 4 heteroatoms. The Morgan fingerprint density at radius 3 is 2.71 bits per heavy atom. The Hall–Kier alpha value is 0.0700. The third kappa shape index (κ3) is 3.67. The van der Waals surface area contributed by atoms with E-state index in [1.54, 1.807) is 11.3 Å². The highest BCUT2D eigenvalue weighted by molar-refractivity contribution is 9.09. The molecule has 1 atom stereocenters. The first kappa shape index (κ1) is 12.1. The molecule has 0 aliphatic heterocycles. The molecular formula is C10H17BrN2S. The van der Waals surface area contributed by atoms with Gasteiger partial charge in [-0.25, -0.2) is 4.98 Å². The van der Waals surface area contributed by atoms with E-state index in [9.17, 15) is 0 Å². The zero-order chi connectivity index (χ0) is 10.6. The Kier molecular flexibility index (Phi) is 5.06. The van der Waals surface area contributed by atoms with Crippen LogP contribution in [-0.2, 0) is 6.54 Å². The van der Waals surface area contributed by atoms with Crippen molar-refractivity contribution < 1.29 is 0 Å². The van der Waals surface area contributed by atoms with Gasteiger partial charge in [-0.15, -0.1) is 11.3 Å². The fourth-order valence-electron chi connectivity index (χ4n) is 1.14. The summed E-state index contributed by atoms with van der Waals surface area (Å²) in [7, 11) is 0. The Labute approximate surface area is 98.3 Å². The first-order valence-corrected chi connectivity index (χ1v) is 6.79. The largest absolute Gasteiger partial charge is 0.308 e. The molecule has 0 saturated carbocycles. The molecule has 0 amide bonds. The number of alkyl halides is 1. The van der Waals surface area contributed by atoms with E-state index in [2.05, 4.69) is 47.0 Å². The number of hydrogen-bond acceptors (Lipinski definition) is 3. The molecule has 1 N–H and O–H groups in total. The van der Waals surface area contributed by atoms with Crippen LogP contribution in [0, 0.1) is 13.8 Å². The summed E-state index contributed by atoms with van der Waals surface area (Å²) >= 11 is 5.23. The predicted octanol–water partition coefficient (Wildman–Crippen LogP) is 3.02. The smallest absolute Gasteiger partial charge is 0.107 e. The van der Waals surface area contributed by atoms with Crippen molar-refractivity contribution in [2.24, 2.45) is 0 Å². The van der Waals surface area contributed by atoms with E-state index >= 15 is 0 Å². The van der Waals surface area contributed by atoms with Gasteiger partial charge in [0.1, 0.15) is 5.01 Å². The molecule has 80 valence electrons. The molecule has 0 aliphatic rings. The average molecular weight is 277 g/mol. The minimum absolute atomic E-state index is 0.555. The summed E-state index contributed by atoms with van der Waals surface area (Å²) in [5, 5.41) is 5.71. The van der Waals surface area contributed by atoms with Crippen LogP contribution >= 0.6 is 27.3 Å². The topological polar surface area (TPSA) is 24.9 Å². The number of nitrogens with zero attached hydrogens (tertiary/aromatic N) is 1. The van der Waals surface area contributed by atoms with Gasteiger partial charge in [0.25, 0.3) is 0 Å². The van der Waals surface area contributed by atoms with Gasteiger partial charge in [-0.1, -0.05) is 15.9 Å². The van der Waals surface area contributed by atoms with Crippen LogP contribution in [0.1, 0.15) is 28.9 Å². The van der Waals surface area contributed by atoms with Crippen LogP contribution in [-0.4, -0.2) is 16.4 Å². The van der Waals surface area contributed by atoms with Crippen LogP contribution in [0.4, 0.5) is 0 Å². The van der Waals surface area contributed by atoms with E-state index in [0.29, 0.717) is 6.04 Å². The molecule has 0 aromatic carbocycles. The third-order valence-electron chi connectivity index (χ3n) is 2.22. The van der Waals surface area contributed by atoms with Gasteiger partial charge in [0.15, 0.2) is 0 Å². The summed E-state index contributed by atoms with van der Waals surface area (Å²) in [6.07, 6.45) is 1.16. The lowest BCUT2D eigenvalue weighted by Crippen LogP contribution is -2.25. The molecule has 1 rings (SSSR count). The Morgan fingerprint density at radius 2 is 2.21 bits per heavy atom. The van der Waals surface area contributed by atoms with Gasteiger partial charge in [0.05, 0.1) is 5.69 Å². The van der Waals surface area contributed by atoms with E-state index in [1.165, 1.54) is 15.6 Å². The maximum atomic E-state index is 4.49. The first-order chi connectivity index (χ1) is 6.63. The number of thiazole rings is 1. The molecule has 0 fully saturated rings. The van der Waals surface area contributed by atoms with Crippen molar-refractivity contribution in [3.63, 3.8) is 0 Å². The second kappa shape index (κ2) is 5.83. The molecule has 0 spiro atoms. The van der Waals surface area contributed by atoms with Crippen LogP contribution in [0.15, 0.2) is 0 Å². The van der Waals surface area contributed by atoms with Gasteiger partial charge >= 0.3 is 0 Å². The van der Waals surface area contributed by atoms with Gasteiger partial charge in [0, 0.05) is 22.8 Å². The van der Waals surface area contributed by atoms with E-state index in [1.807, 2.05) is 0 Å². The lowest BCUT2D eigenvalue weighted by atomic mass is 10.3. The summed E-state index contributed by atoms with van der Waals surface area (Å²) < 4.78 is 0.